The number of rotatable bonds is 2. The smallest absolute Gasteiger partial charge is 0.341 e. The average molecular weight is 310 g/mol. The first-order valence-electron chi connectivity index (χ1n) is 6.44. The summed E-state index contributed by atoms with van der Waals surface area (Å²) in [5.41, 5.74) is -1.01. The first-order chi connectivity index (χ1) is 9.95. The summed E-state index contributed by atoms with van der Waals surface area (Å²) < 4.78 is 6.56. The molecule has 1 aromatic heterocycles. The number of carbonyl (C=O) groups is 2. The topological polar surface area (TPSA) is 88.8 Å². The number of pyridine rings is 1. The number of nitrogens with zero attached hydrogens (tertiary/aromatic N) is 2. The second kappa shape index (κ2) is 4.80. The number of carboxylic acid groups (broad SMARTS) is 1. The molecule has 21 heavy (non-hydrogen) atoms. The van der Waals surface area contributed by atoms with E-state index >= 15 is 0 Å². The van der Waals surface area contributed by atoms with Crippen molar-refractivity contribution in [3.8, 4) is 5.75 Å². The van der Waals surface area contributed by atoms with Gasteiger partial charge in [0.1, 0.15) is 5.56 Å². The summed E-state index contributed by atoms with van der Waals surface area (Å²) in [5, 5.41) is 9.08. The van der Waals surface area contributed by atoms with Crippen LogP contribution in [0.1, 0.15) is 27.8 Å². The molecule has 0 spiro atoms. The second-order valence-electron chi connectivity index (χ2n) is 5.06. The average Bonchev–Trinajstić information content (AvgIpc) is 2.80. The van der Waals surface area contributed by atoms with Crippen LogP contribution in [-0.2, 0) is 6.54 Å². The lowest BCUT2D eigenvalue weighted by atomic mass is 10.1. The van der Waals surface area contributed by atoms with Crippen LogP contribution in [-0.4, -0.2) is 50.7 Å². The van der Waals surface area contributed by atoms with Crippen molar-refractivity contribution < 1.29 is 19.4 Å². The van der Waals surface area contributed by atoms with Crippen LogP contribution in [0.3, 0.4) is 0 Å². The SMILES string of the molecule is COc1c2n(cc(C(=O)O)c1=O)CC1SC[C@H](C)N1C2=O. The Morgan fingerprint density at radius 1 is 1.48 bits per heavy atom. The van der Waals surface area contributed by atoms with Crippen LogP contribution >= 0.6 is 11.8 Å². The predicted molar refractivity (Wildman–Crippen MR) is 76.1 cm³/mol. The molecule has 0 radical (unpaired) electrons. The highest BCUT2D eigenvalue weighted by Crippen LogP contribution is 2.36. The fourth-order valence-electron chi connectivity index (χ4n) is 2.80. The number of fused-ring (bicyclic) bond motifs is 2. The number of aromatic nitrogens is 1. The minimum absolute atomic E-state index is 0.0335. The summed E-state index contributed by atoms with van der Waals surface area (Å²) in [6.07, 6.45) is 1.24. The van der Waals surface area contributed by atoms with Crippen molar-refractivity contribution >= 4 is 23.6 Å². The molecule has 1 N–H and O–H groups in total. The molecule has 0 aliphatic carbocycles. The van der Waals surface area contributed by atoms with E-state index in [1.54, 1.807) is 16.7 Å². The lowest BCUT2D eigenvalue weighted by Crippen LogP contribution is -2.48. The van der Waals surface area contributed by atoms with E-state index in [4.69, 9.17) is 9.84 Å². The Labute approximate surface area is 124 Å². The Hall–Kier alpha value is -1.96. The second-order valence-corrected chi connectivity index (χ2v) is 6.27. The van der Waals surface area contributed by atoms with E-state index in [0.29, 0.717) is 6.54 Å². The number of hydrogen-bond donors (Lipinski definition) is 1. The first kappa shape index (κ1) is 14.0. The van der Waals surface area contributed by atoms with Gasteiger partial charge in [0.25, 0.3) is 5.91 Å². The van der Waals surface area contributed by atoms with Crippen LogP contribution in [0.25, 0.3) is 0 Å². The number of thioether (sulfide) groups is 1. The molecule has 7 nitrogen and oxygen atoms in total. The Balaban J connectivity index is 2.23. The molecule has 0 bridgehead atoms. The Bertz CT molecular complexity index is 699. The van der Waals surface area contributed by atoms with E-state index in [0.717, 1.165) is 5.75 Å². The zero-order valence-electron chi connectivity index (χ0n) is 11.5. The van der Waals surface area contributed by atoms with Gasteiger partial charge < -0.3 is 19.3 Å². The molecule has 2 aliphatic heterocycles. The van der Waals surface area contributed by atoms with Gasteiger partial charge in [-0.05, 0) is 6.92 Å². The molecule has 1 unspecified atom stereocenters. The standard InChI is InChI=1S/C13H14N2O5S/c1-6-5-21-8-4-14-3-7(13(18)19)10(16)11(20-2)9(14)12(17)15(6)8/h3,6,8H,4-5H2,1-2H3,(H,18,19)/t6-,8?/m0/s1. The summed E-state index contributed by atoms with van der Waals surface area (Å²) in [7, 11) is 1.27. The third-order valence-electron chi connectivity index (χ3n) is 3.78. The fraction of sp³-hybridized carbons (Fsp3) is 0.462. The highest BCUT2D eigenvalue weighted by atomic mass is 32.2. The van der Waals surface area contributed by atoms with Crippen LogP contribution in [0.5, 0.6) is 5.75 Å². The summed E-state index contributed by atoms with van der Waals surface area (Å²) in [6.45, 7) is 2.41. The predicted octanol–water partition coefficient (Wildman–Crippen LogP) is 0.472. The maximum atomic E-state index is 12.6. The van der Waals surface area contributed by atoms with E-state index in [9.17, 15) is 14.4 Å². The maximum Gasteiger partial charge on any atom is 0.341 e. The molecule has 2 atom stereocenters. The van der Waals surface area contributed by atoms with Crippen molar-refractivity contribution in [3.05, 3.63) is 27.7 Å². The molecule has 2 aliphatic rings. The van der Waals surface area contributed by atoms with E-state index in [2.05, 4.69) is 0 Å². The molecule has 0 aromatic carbocycles. The third-order valence-corrected chi connectivity index (χ3v) is 5.21. The highest BCUT2D eigenvalue weighted by Gasteiger charge is 2.42. The summed E-state index contributed by atoms with van der Waals surface area (Å²) in [6, 6.07) is 0.0835. The van der Waals surface area contributed by atoms with Gasteiger partial charge in [-0.15, -0.1) is 11.8 Å². The number of carboxylic acids is 1. The van der Waals surface area contributed by atoms with Crippen LogP contribution in [0.4, 0.5) is 0 Å². The van der Waals surface area contributed by atoms with Crippen LogP contribution < -0.4 is 10.2 Å². The molecule has 1 fully saturated rings. The van der Waals surface area contributed by atoms with Crippen LogP contribution in [0, 0.1) is 0 Å². The number of ether oxygens (including phenoxy) is 1. The first-order valence-corrected chi connectivity index (χ1v) is 7.49. The number of methoxy groups -OCH3 is 1. The minimum atomic E-state index is -1.32. The van der Waals surface area contributed by atoms with E-state index in [-0.39, 0.29) is 34.3 Å². The van der Waals surface area contributed by atoms with Gasteiger partial charge in [0.05, 0.1) is 19.0 Å². The minimum Gasteiger partial charge on any atom is -0.491 e. The number of aromatic carboxylic acids is 1. The van der Waals surface area contributed by atoms with Gasteiger partial charge >= 0.3 is 5.97 Å². The molecule has 1 saturated heterocycles. The van der Waals surface area contributed by atoms with Gasteiger partial charge in [0.15, 0.2) is 11.4 Å². The van der Waals surface area contributed by atoms with Crippen molar-refractivity contribution in [1.82, 2.24) is 9.47 Å². The zero-order valence-corrected chi connectivity index (χ0v) is 12.3. The number of carbonyl (C=O) groups excluding carboxylic acids is 1. The van der Waals surface area contributed by atoms with Crippen LogP contribution in [0.15, 0.2) is 11.0 Å². The lowest BCUT2D eigenvalue weighted by molar-refractivity contribution is 0.0625. The third kappa shape index (κ3) is 1.93. The highest BCUT2D eigenvalue weighted by molar-refractivity contribution is 8.00. The summed E-state index contributed by atoms with van der Waals surface area (Å²) >= 11 is 1.65. The molecule has 1 amide bonds. The Kier molecular flexibility index (Phi) is 3.20. The Morgan fingerprint density at radius 2 is 2.19 bits per heavy atom. The molecule has 112 valence electrons. The largest absolute Gasteiger partial charge is 0.491 e. The van der Waals surface area contributed by atoms with E-state index in [1.807, 2.05) is 6.92 Å². The Morgan fingerprint density at radius 3 is 2.81 bits per heavy atom. The number of amides is 1. The van der Waals surface area contributed by atoms with Gasteiger partial charge in [-0.2, -0.15) is 0 Å². The van der Waals surface area contributed by atoms with E-state index < -0.39 is 11.4 Å². The number of hydrogen-bond acceptors (Lipinski definition) is 5. The van der Waals surface area contributed by atoms with Gasteiger partial charge in [-0.1, -0.05) is 0 Å². The van der Waals surface area contributed by atoms with E-state index in [1.165, 1.54) is 17.9 Å². The van der Waals surface area contributed by atoms with Crippen LogP contribution in [0.2, 0.25) is 0 Å². The van der Waals surface area contributed by atoms with Gasteiger partial charge in [-0.3, -0.25) is 9.59 Å². The monoisotopic (exact) mass is 310 g/mol. The van der Waals surface area contributed by atoms with Crippen molar-refractivity contribution in [1.29, 1.82) is 0 Å². The molecule has 1 aromatic rings. The quantitative estimate of drug-likeness (QED) is 0.854. The molecular weight excluding hydrogens is 296 g/mol. The normalized spacial score (nSPS) is 23.7. The molecule has 0 saturated carbocycles. The molecule has 8 heteroatoms. The van der Waals surface area contributed by atoms with Gasteiger partial charge in [-0.25, -0.2) is 4.79 Å². The van der Waals surface area contributed by atoms with Gasteiger partial charge in [0.2, 0.25) is 5.43 Å². The summed E-state index contributed by atoms with van der Waals surface area (Å²) in [5.74, 6) is -0.975. The van der Waals surface area contributed by atoms with Crippen molar-refractivity contribution in [2.75, 3.05) is 12.9 Å². The fourth-order valence-corrected chi connectivity index (χ4v) is 4.19. The van der Waals surface area contributed by atoms with Gasteiger partial charge in [0, 0.05) is 18.0 Å². The summed E-state index contributed by atoms with van der Waals surface area (Å²) in [4.78, 5) is 37.7. The van der Waals surface area contributed by atoms with Crippen molar-refractivity contribution in [2.24, 2.45) is 0 Å². The molecule has 3 heterocycles. The lowest BCUT2D eigenvalue weighted by Gasteiger charge is -2.34. The molecule has 3 rings (SSSR count). The zero-order chi connectivity index (χ0) is 15.3. The maximum absolute atomic E-state index is 12.6. The van der Waals surface area contributed by atoms with Crippen molar-refractivity contribution in [2.45, 2.75) is 24.9 Å². The van der Waals surface area contributed by atoms with Crippen molar-refractivity contribution in [3.63, 3.8) is 0 Å². The molecular formula is C13H14N2O5S.